The molecule has 0 saturated heterocycles. The van der Waals surface area contributed by atoms with Crippen LogP contribution >= 0.6 is 11.6 Å². The molecule has 0 bridgehead atoms. The Morgan fingerprint density at radius 3 is 2.62 bits per heavy atom. The molecule has 3 aromatic rings. The summed E-state index contributed by atoms with van der Waals surface area (Å²) in [7, 11) is 3.72. The van der Waals surface area contributed by atoms with Crippen molar-refractivity contribution in [3.63, 3.8) is 0 Å². The second kappa shape index (κ2) is 7.85. The van der Waals surface area contributed by atoms with Crippen molar-refractivity contribution < 1.29 is 9.50 Å². The number of hydrogen-bond donors (Lipinski definition) is 1. The lowest BCUT2D eigenvalue weighted by Gasteiger charge is -2.24. The highest BCUT2D eigenvalue weighted by Crippen LogP contribution is 2.30. The number of nitrogens with zero attached hydrogens (tertiary/aromatic N) is 2. The normalized spacial score (nSPS) is 13.0. The van der Waals surface area contributed by atoms with Gasteiger partial charge >= 0.3 is 0 Å². The zero-order valence-electron chi connectivity index (χ0n) is 14.7. The molecule has 0 heterocycles. The van der Waals surface area contributed by atoms with Crippen molar-refractivity contribution in [1.29, 1.82) is 0 Å². The summed E-state index contributed by atoms with van der Waals surface area (Å²) in [6.45, 7) is 0.316. The Balaban J connectivity index is 1.93. The van der Waals surface area contributed by atoms with Gasteiger partial charge in [-0.1, -0.05) is 48.0 Å². The minimum atomic E-state index is -0.348. The topological polar surface area (TPSA) is 35.8 Å². The maximum absolute atomic E-state index is 14.3. The molecule has 0 spiro atoms. The molecule has 1 N–H and O–H groups in total. The second-order valence-electron chi connectivity index (χ2n) is 6.33. The van der Waals surface area contributed by atoms with E-state index in [0.29, 0.717) is 22.7 Å². The molecule has 0 aromatic heterocycles. The number of hydrogen-bond acceptors (Lipinski definition) is 3. The molecule has 134 valence electrons. The van der Waals surface area contributed by atoms with Crippen LogP contribution in [-0.2, 0) is 0 Å². The summed E-state index contributed by atoms with van der Waals surface area (Å²) in [4.78, 5) is 6.36. The van der Waals surface area contributed by atoms with Crippen LogP contribution in [0, 0.1) is 5.82 Å². The first-order chi connectivity index (χ1) is 12.5. The minimum Gasteiger partial charge on any atom is -0.507 e. The number of likely N-dealkylation sites (N-methyl/N-ethyl adjacent to an activating group) is 1. The highest BCUT2D eigenvalue weighted by Gasteiger charge is 2.20. The predicted octanol–water partition coefficient (Wildman–Crippen LogP) is 5.06. The fraction of sp³-hybridized carbons (Fsp3) is 0.190. The van der Waals surface area contributed by atoms with Gasteiger partial charge in [0.1, 0.15) is 11.6 Å². The zero-order valence-corrected chi connectivity index (χ0v) is 15.4. The largest absolute Gasteiger partial charge is 0.507 e. The molecule has 3 nitrogen and oxygen atoms in total. The molecule has 0 aliphatic carbocycles. The van der Waals surface area contributed by atoms with Crippen molar-refractivity contribution in [2.45, 2.75) is 6.04 Å². The van der Waals surface area contributed by atoms with Crippen LogP contribution in [0.5, 0.6) is 5.75 Å². The quantitative estimate of drug-likeness (QED) is 0.637. The standard InChI is InChI=1S/C21H20ClFN2O/c1-25(2)19(21-17(22)8-5-9-18(21)23)13-24-12-16-15-7-4-3-6-14(15)10-11-20(16)26/h3-12,19,26H,13H2,1-2H3/t19-/m1/s1. The Morgan fingerprint density at radius 2 is 1.88 bits per heavy atom. The van der Waals surface area contributed by atoms with Gasteiger partial charge in [-0.15, -0.1) is 0 Å². The first kappa shape index (κ1) is 18.4. The Labute approximate surface area is 157 Å². The number of aromatic hydroxyl groups is 1. The smallest absolute Gasteiger partial charge is 0.129 e. The van der Waals surface area contributed by atoms with Gasteiger partial charge in [0.2, 0.25) is 0 Å². The molecule has 5 heteroatoms. The average molecular weight is 371 g/mol. The Bertz CT molecular complexity index is 936. The molecular weight excluding hydrogens is 351 g/mol. The average Bonchev–Trinajstić information content (AvgIpc) is 2.61. The Kier molecular flexibility index (Phi) is 5.55. The monoisotopic (exact) mass is 370 g/mol. The molecule has 26 heavy (non-hydrogen) atoms. The lowest BCUT2D eigenvalue weighted by atomic mass is 10.0. The van der Waals surface area contributed by atoms with Crippen molar-refractivity contribution in [3.8, 4) is 5.75 Å². The first-order valence-corrected chi connectivity index (χ1v) is 8.67. The molecule has 0 aliphatic heterocycles. The van der Waals surface area contributed by atoms with Gasteiger partial charge in [-0.2, -0.15) is 0 Å². The van der Waals surface area contributed by atoms with Crippen LogP contribution in [0.15, 0.2) is 59.6 Å². The van der Waals surface area contributed by atoms with E-state index in [1.54, 1.807) is 24.4 Å². The van der Waals surface area contributed by atoms with Gasteiger partial charge in [0.25, 0.3) is 0 Å². The maximum atomic E-state index is 14.3. The van der Waals surface area contributed by atoms with E-state index in [2.05, 4.69) is 4.99 Å². The molecule has 0 aliphatic rings. The predicted molar refractivity (Wildman–Crippen MR) is 106 cm³/mol. The van der Waals surface area contributed by atoms with E-state index in [1.165, 1.54) is 6.07 Å². The molecule has 0 amide bonds. The van der Waals surface area contributed by atoms with Crippen LogP contribution in [0.1, 0.15) is 17.2 Å². The number of aliphatic imine (C=N–C) groups is 1. The van der Waals surface area contributed by atoms with E-state index >= 15 is 0 Å². The third-order valence-electron chi connectivity index (χ3n) is 4.40. The van der Waals surface area contributed by atoms with Crippen LogP contribution in [0.3, 0.4) is 0 Å². The molecule has 0 saturated carbocycles. The lowest BCUT2D eigenvalue weighted by Crippen LogP contribution is -2.24. The van der Waals surface area contributed by atoms with Gasteiger partial charge < -0.3 is 10.0 Å². The number of phenols is 1. The lowest BCUT2D eigenvalue weighted by molar-refractivity contribution is 0.299. The fourth-order valence-electron chi connectivity index (χ4n) is 3.01. The second-order valence-corrected chi connectivity index (χ2v) is 6.74. The highest BCUT2D eigenvalue weighted by atomic mass is 35.5. The summed E-state index contributed by atoms with van der Waals surface area (Å²) < 4.78 is 14.3. The van der Waals surface area contributed by atoms with Crippen LogP contribution in [0.4, 0.5) is 4.39 Å². The Morgan fingerprint density at radius 1 is 1.12 bits per heavy atom. The van der Waals surface area contributed by atoms with E-state index < -0.39 is 0 Å². The van der Waals surface area contributed by atoms with Gasteiger partial charge in [-0.05, 0) is 43.1 Å². The van der Waals surface area contributed by atoms with Gasteiger partial charge in [-0.25, -0.2) is 4.39 Å². The third kappa shape index (κ3) is 3.71. The summed E-state index contributed by atoms with van der Waals surface area (Å²) >= 11 is 6.21. The number of phenolic OH excluding ortho intramolecular Hbond substituents is 1. The van der Waals surface area contributed by atoms with Gasteiger partial charge in [0.15, 0.2) is 0 Å². The van der Waals surface area contributed by atoms with Crippen LogP contribution in [0.25, 0.3) is 10.8 Å². The summed E-state index contributed by atoms with van der Waals surface area (Å²) in [5.41, 5.74) is 1.08. The van der Waals surface area contributed by atoms with Gasteiger partial charge in [-0.3, -0.25) is 4.99 Å². The van der Waals surface area contributed by atoms with E-state index in [-0.39, 0.29) is 17.6 Å². The number of rotatable bonds is 5. The summed E-state index contributed by atoms with van der Waals surface area (Å²) in [6.07, 6.45) is 1.64. The van der Waals surface area contributed by atoms with Crippen molar-refractivity contribution in [2.75, 3.05) is 20.6 Å². The van der Waals surface area contributed by atoms with Crippen LogP contribution in [-0.4, -0.2) is 36.9 Å². The van der Waals surface area contributed by atoms with E-state index in [0.717, 1.165) is 10.8 Å². The van der Waals surface area contributed by atoms with Crippen molar-refractivity contribution in [3.05, 3.63) is 76.6 Å². The maximum Gasteiger partial charge on any atom is 0.129 e. The molecule has 1 atom stereocenters. The molecule has 0 radical (unpaired) electrons. The van der Waals surface area contributed by atoms with E-state index in [9.17, 15) is 9.50 Å². The summed E-state index contributed by atoms with van der Waals surface area (Å²) in [6, 6.07) is 15.7. The summed E-state index contributed by atoms with van der Waals surface area (Å²) in [5, 5.41) is 12.5. The zero-order chi connectivity index (χ0) is 18.7. The van der Waals surface area contributed by atoms with Crippen molar-refractivity contribution in [1.82, 2.24) is 4.90 Å². The molecular formula is C21H20ClFN2O. The first-order valence-electron chi connectivity index (χ1n) is 8.30. The van der Waals surface area contributed by atoms with Gasteiger partial charge in [0, 0.05) is 22.4 Å². The molecule has 0 fully saturated rings. The third-order valence-corrected chi connectivity index (χ3v) is 4.73. The molecule has 0 unspecified atom stereocenters. The van der Waals surface area contributed by atoms with Crippen molar-refractivity contribution in [2.24, 2.45) is 4.99 Å². The highest BCUT2D eigenvalue weighted by molar-refractivity contribution is 6.31. The Hall–Kier alpha value is -2.43. The number of benzene rings is 3. The number of fused-ring (bicyclic) bond motifs is 1. The fourth-order valence-corrected chi connectivity index (χ4v) is 3.29. The van der Waals surface area contributed by atoms with E-state index in [4.69, 9.17) is 11.6 Å². The molecule has 3 rings (SSSR count). The number of halogens is 2. The van der Waals surface area contributed by atoms with Gasteiger partial charge in [0.05, 0.1) is 12.6 Å². The summed E-state index contributed by atoms with van der Waals surface area (Å²) in [5.74, 6) is -0.183. The van der Waals surface area contributed by atoms with Crippen LogP contribution in [0.2, 0.25) is 5.02 Å². The SMILES string of the molecule is CN(C)[C@H](CN=Cc1c(O)ccc2ccccc12)c1c(F)cccc1Cl. The minimum absolute atomic E-state index is 0.165. The molecule has 3 aromatic carbocycles. The van der Waals surface area contributed by atoms with Crippen LogP contribution < -0.4 is 0 Å². The van der Waals surface area contributed by atoms with Crippen molar-refractivity contribution >= 4 is 28.6 Å². The van der Waals surface area contributed by atoms with E-state index in [1.807, 2.05) is 49.3 Å².